The molecule has 1 fully saturated rings. The van der Waals surface area contributed by atoms with Crippen molar-refractivity contribution in [3.8, 4) is 0 Å². The van der Waals surface area contributed by atoms with Gasteiger partial charge in [-0.25, -0.2) is 0 Å². The van der Waals surface area contributed by atoms with E-state index in [1.807, 2.05) is 10.3 Å². The number of aromatic nitrogens is 2. The Morgan fingerprint density at radius 3 is 3.04 bits per heavy atom. The summed E-state index contributed by atoms with van der Waals surface area (Å²) in [6, 6.07) is 1.78. The summed E-state index contributed by atoms with van der Waals surface area (Å²) in [6.45, 7) is 2.67. The average molecular weight is 330 g/mol. The molecule has 1 aliphatic heterocycles. The van der Waals surface area contributed by atoms with E-state index < -0.39 is 0 Å². The lowest BCUT2D eigenvalue weighted by molar-refractivity contribution is -0.129. The predicted octanol–water partition coefficient (Wildman–Crippen LogP) is 2.15. The summed E-state index contributed by atoms with van der Waals surface area (Å²) in [6.07, 6.45) is 5.23. The van der Waals surface area contributed by atoms with Gasteiger partial charge in [0.25, 0.3) is 5.91 Å². The maximum Gasteiger partial charge on any atom is 0.252 e. The number of amides is 2. The van der Waals surface area contributed by atoms with Gasteiger partial charge in [0.2, 0.25) is 5.91 Å². The third-order valence-electron chi connectivity index (χ3n) is 3.92. The summed E-state index contributed by atoms with van der Waals surface area (Å²) in [5, 5.41) is 6.51. The molecular weight excluding hydrogens is 312 g/mol. The van der Waals surface area contributed by atoms with Gasteiger partial charge >= 0.3 is 0 Å². The Kier molecular flexibility index (Phi) is 4.66. The predicted molar refractivity (Wildman–Crippen MR) is 86.9 cm³/mol. The molecule has 23 heavy (non-hydrogen) atoms. The van der Waals surface area contributed by atoms with Gasteiger partial charge in [0, 0.05) is 24.4 Å². The minimum absolute atomic E-state index is 0.00692. The zero-order valence-electron chi connectivity index (χ0n) is 12.9. The van der Waals surface area contributed by atoms with Crippen LogP contribution in [0.25, 0.3) is 0 Å². The van der Waals surface area contributed by atoms with Gasteiger partial charge in [-0.2, -0.15) is 11.3 Å². The fraction of sp³-hybridized carbons (Fsp3) is 0.375. The van der Waals surface area contributed by atoms with Crippen LogP contribution in [0.5, 0.6) is 0 Å². The van der Waals surface area contributed by atoms with Crippen molar-refractivity contribution < 1.29 is 9.59 Å². The van der Waals surface area contributed by atoms with E-state index in [-0.39, 0.29) is 17.9 Å². The largest absolute Gasteiger partial charge is 0.346 e. The number of nitrogens with one attached hydrogen (secondary N) is 1. The second-order valence-electron chi connectivity index (χ2n) is 5.50. The van der Waals surface area contributed by atoms with Gasteiger partial charge in [0.1, 0.15) is 0 Å². The van der Waals surface area contributed by atoms with Crippen LogP contribution in [0, 0.1) is 0 Å². The SMILES string of the molecule is CC(=O)N1CCC[C@@H]1c1cncc(CNC(=O)c2ccsc2)n1. The third kappa shape index (κ3) is 3.56. The van der Waals surface area contributed by atoms with Gasteiger partial charge in [-0.3, -0.25) is 19.6 Å². The van der Waals surface area contributed by atoms with Crippen molar-refractivity contribution in [1.82, 2.24) is 20.2 Å². The van der Waals surface area contributed by atoms with Gasteiger partial charge < -0.3 is 10.2 Å². The third-order valence-corrected chi connectivity index (χ3v) is 4.60. The minimum atomic E-state index is -0.121. The van der Waals surface area contributed by atoms with Crippen LogP contribution in [0.1, 0.15) is 47.6 Å². The van der Waals surface area contributed by atoms with Crippen molar-refractivity contribution in [2.75, 3.05) is 6.54 Å². The first-order valence-electron chi connectivity index (χ1n) is 7.53. The van der Waals surface area contributed by atoms with Crippen molar-refractivity contribution in [1.29, 1.82) is 0 Å². The Balaban J connectivity index is 1.68. The molecule has 1 saturated heterocycles. The lowest BCUT2D eigenvalue weighted by Crippen LogP contribution is -2.29. The first-order valence-corrected chi connectivity index (χ1v) is 8.48. The molecule has 0 aliphatic carbocycles. The van der Waals surface area contributed by atoms with Crippen LogP contribution >= 0.6 is 11.3 Å². The Labute approximate surface area is 138 Å². The first-order chi connectivity index (χ1) is 11.1. The number of rotatable bonds is 4. The Morgan fingerprint density at radius 2 is 2.30 bits per heavy atom. The van der Waals surface area contributed by atoms with Gasteiger partial charge in [0.05, 0.1) is 36.4 Å². The summed E-state index contributed by atoms with van der Waals surface area (Å²) in [5.74, 6) is -0.0601. The summed E-state index contributed by atoms with van der Waals surface area (Å²) < 4.78 is 0. The summed E-state index contributed by atoms with van der Waals surface area (Å²) >= 11 is 1.49. The number of nitrogens with zero attached hydrogens (tertiary/aromatic N) is 3. The second-order valence-corrected chi connectivity index (χ2v) is 6.28. The summed E-state index contributed by atoms with van der Waals surface area (Å²) in [5.41, 5.74) is 2.14. The number of hydrogen-bond acceptors (Lipinski definition) is 5. The molecule has 0 radical (unpaired) electrons. The molecule has 2 aromatic heterocycles. The van der Waals surface area contributed by atoms with E-state index >= 15 is 0 Å². The molecule has 1 aliphatic rings. The molecule has 6 nitrogen and oxygen atoms in total. The highest BCUT2D eigenvalue weighted by atomic mass is 32.1. The van der Waals surface area contributed by atoms with E-state index in [0.717, 1.165) is 25.1 Å². The van der Waals surface area contributed by atoms with Crippen molar-refractivity contribution in [3.05, 3.63) is 46.2 Å². The number of likely N-dealkylation sites (tertiary alicyclic amines) is 1. The average Bonchev–Trinajstić information content (AvgIpc) is 3.23. The van der Waals surface area contributed by atoms with E-state index in [0.29, 0.717) is 17.8 Å². The number of carbonyl (C=O) groups is 2. The molecule has 3 heterocycles. The zero-order valence-corrected chi connectivity index (χ0v) is 13.7. The van der Waals surface area contributed by atoms with Crippen LogP contribution < -0.4 is 5.32 Å². The molecule has 2 aromatic rings. The Bertz CT molecular complexity index is 702. The quantitative estimate of drug-likeness (QED) is 0.932. The van der Waals surface area contributed by atoms with Crippen LogP contribution in [0.3, 0.4) is 0 Å². The molecule has 0 aromatic carbocycles. The van der Waals surface area contributed by atoms with Crippen LogP contribution in [-0.2, 0) is 11.3 Å². The fourth-order valence-electron chi connectivity index (χ4n) is 2.79. The van der Waals surface area contributed by atoms with E-state index in [1.165, 1.54) is 11.3 Å². The number of thiophene rings is 1. The zero-order chi connectivity index (χ0) is 16.2. The molecule has 2 amide bonds. The topological polar surface area (TPSA) is 75.2 Å². The number of hydrogen-bond donors (Lipinski definition) is 1. The summed E-state index contributed by atoms with van der Waals surface area (Å²) in [7, 11) is 0. The molecule has 0 bridgehead atoms. The first kappa shape index (κ1) is 15.6. The maximum atomic E-state index is 12.0. The fourth-order valence-corrected chi connectivity index (χ4v) is 3.42. The molecule has 120 valence electrons. The lowest BCUT2D eigenvalue weighted by atomic mass is 10.1. The van der Waals surface area contributed by atoms with Gasteiger partial charge in [-0.05, 0) is 24.3 Å². The van der Waals surface area contributed by atoms with Crippen LogP contribution in [0.15, 0.2) is 29.2 Å². The van der Waals surface area contributed by atoms with Crippen molar-refractivity contribution in [3.63, 3.8) is 0 Å². The van der Waals surface area contributed by atoms with Crippen molar-refractivity contribution in [2.45, 2.75) is 32.4 Å². The number of carbonyl (C=O) groups excluding carboxylic acids is 2. The minimum Gasteiger partial charge on any atom is -0.346 e. The van der Waals surface area contributed by atoms with Crippen molar-refractivity contribution >= 4 is 23.2 Å². The highest BCUT2D eigenvalue weighted by molar-refractivity contribution is 7.08. The Morgan fingerprint density at radius 1 is 1.43 bits per heavy atom. The summed E-state index contributed by atoms with van der Waals surface area (Å²) in [4.78, 5) is 34.3. The smallest absolute Gasteiger partial charge is 0.252 e. The molecule has 7 heteroatoms. The molecule has 0 spiro atoms. The van der Waals surface area contributed by atoms with E-state index in [4.69, 9.17) is 0 Å². The molecule has 3 rings (SSSR count). The lowest BCUT2D eigenvalue weighted by Gasteiger charge is -2.22. The maximum absolute atomic E-state index is 12.0. The van der Waals surface area contributed by atoms with Crippen LogP contribution in [0.2, 0.25) is 0 Å². The highest BCUT2D eigenvalue weighted by Crippen LogP contribution is 2.30. The molecular formula is C16H18N4O2S. The van der Waals surface area contributed by atoms with Gasteiger partial charge in [-0.15, -0.1) is 0 Å². The monoisotopic (exact) mass is 330 g/mol. The molecule has 0 unspecified atom stereocenters. The van der Waals surface area contributed by atoms with E-state index in [9.17, 15) is 9.59 Å². The van der Waals surface area contributed by atoms with E-state index in [2.05, 4.69) is 15.3 Å². The van der Waals surface area contributed by atoms with Crippen LogP contribution in [-0.4, -0.2) is 33.2 Å². The highest BCUT2D eigenvalue weighted by Gasteiger charge is 2.29. The van der Waals surface area contributed by atoms with Crippen molar-refractivity contribution in [2.24, 2.45) is 0 Å². The normalized spacial score (nSPS) is 17.3. The molecule has 0 saturated carbocycles. The van der Waals surface area contributed by atoms with E-state index in [1.54, 1.807) is 30.8 Å². The standard InChI is InChI=1S/C16H18N4O2S/c1-11(21)20-5-2-3-15(20)14-9-17-7-13(19-14)8-18-16(22)12-4-6-23-10-12/h4,6-7,9-10,15H,2-3,5,8H2,1H3,(H,18,22)/t15-/m1/s1. The molecule has 1 atom stereocenters. The Hall–Kier alpha value is -2.28. The second kappa shape index (κ2) is 6.87. The van der Waals surface area contributed by atoms with Gasteiger partial charge in [0.15, 0.2) is 0 Å². The molecule has 1 N–H and O–H groups in total. The van der Waals surface area contributed by atoms with Gasteiger partial charge in [-0.1, -0.05) is 0 Å². The van der Waals surface area contributed by atoms with Crippen LogP contribution in [0.4, 0.5) is 0 Å².